The van der Waals surface area contributed by atoms with Gasteiger partial charge < -0.3 is 10.6 Å². The van der Waals surface area contributed by atoms with E-state index in [1.165, 1.54) is 17.4 Å². The van der Waals surface area contributed by atoms with Gasteiger partial charge in [0.25, 0.3) is 11.8 Å². The number of amides is 1. The number of hydrogen-bond donors (Lipinski definition) is 2. The van der Waals surface area contributed by atoms with Crippen molar-refractivity contribution in [1.82, 2.24) is 40.0 Å². The van der Waals surface area contributed by atoms with Crippen LogP contribution in [0, 0.1) is 6.92 Å². The summed E-state index contributed by atoms with van der Waals surface area (Å²) in [5.74, 6) is -3.61. The van der Waals surface area contributed by atoms with Crippen molar-refractivity contribution in [2.24, 2.45) is 4.99 Å². The van der Waals surface area contributed by atoms with Crippen molar-refractivity contribution in [3.05, 3.63) is 58.8 Å². The molecule has 5 rings (SSSR count). The van der Waals surface area contributed by atoms with Crippen LogP contribution in [0.2, 0.25) is 0 Å². The van der Waals surface area contributed by atoms with Gasteiger partial charge in [0.2, 0.25) is 0 Å². The maximum atomic E-state index is 14.3. The van der Waals surface area contributed by atoms with Crippen LogP contribution in [0.3, 0.4) is 0 Å². The minimum Gasteiger partial charge on any atom is -0.370 e. The molecule has 0 saturated carbocycles. The third kappa shape index (κ3) is 4.41. The molecular formula is C22H21F2N9OS. The van der Waals surface area contributed by atoms with Gasteiger partial charge in [0.1, 0.15) is 28.2 Å². The van der Waals surface area contributed by atoms with Crippen LogP contribution in [0.4, 0.5) is 8.78 Å². The van der Waals surface area contributed by atoms with Gasteiger partial charge in [0.05, 0.1) is 18.0 Å². The van der Waals surface area contributed by atoms with E-state index in [1.54, 1.807) is 35.4 Å². The van der Waals surface area contributed by atoms with Gasteiger partial charge in [-0.05, 0) is 19.9 Å². The average Bonchev–Trinajstić information content (AvgIpc) is 3.56. The highest BCUT2D eigenvalue weighted by Crippen LogP contribution is 2.32. The SMILES string of the molecule is Cc1cnc(-c2cnc3c(-n4nncc4C(C)(F)F)cc(C(=O)NCC4=CNC(C)N=C4)cn23)s1. The van der Waals surface area contributed by atoms with Crippen molar-refractivity contribution in [3.8, 4) is 16.4 Å². The first-order chi connectivity index (χ1) is 16.7. The fourth-order valence-corrected chi connectivity index (χ4v) is 4.36. The van der Waals surface area contributed by atoms with Crippen molar-refractivity contribution >= 4 is 29.1 Å². The fourth-order valence-electron chi connectivity index (χ4n) is 3.59. The molecule has 4 aromatic rings. The highest BCUT2D eigenvalue weighted by molar-refractivity contribution is 7.14. The van der Waals surface area contributed by atoms with Crippen LogP contribution in [0.1, 0.15) is 34.8 Å². The van der Waals surface area contributed by atoms with E-state index < -0.39 is 17.5 Å². The van der Waals surface area contributed by atoms with Gasteiger partial charge in [-0.3, -0.25) is 14.2 Å². The third-order valence-corrected chi connectivity index (χ3v) is 6.28. The molecule has 0 aromatic carbocycles. The van der Waals surface area contributed by atoms with E-state index in [0.29, 0.717) is 16.3 Å². The van der Waals surface area contributed by atoms with E-state index in [4.69, 9.17) is 0 Å². The minimum atomic E-state index is -3.21. The van der Waals surface area contributed by atoms with Crippen molar-refractivity contribution in [3.63, 3.8) is 0 Å². The van der Waals surface area contributed by atoms with Crippen molar-refractivity contribution < 1.29 is 13.6 Å². The lowest BCUT2D eigenvalue weighted by atomic mass is 10.2. The van der Waals surface area contributed by atoms with Crippen LogP contribution in [0.5, 0.6) is 0 Å². The second-order valence-corrected chi connectivity index (χ2v) is 9.40. The Labute approximate surface area is 202 Å². The molecule has 0 aliphatic carbocycles. The zero-order valence-corrected chi connectivity index (χ0v) is 19.8. The van der Waals surface area contributed by atoms with Crippen LogP contribution in [-0.4, -0.2) is 54.2 Å². The molecule has 1 atom stereocenters. The Hall–Kier alpha value is -4.00. The Kier molecular flexibility index (Phi) is 5.63. The molecule has 35 heavy (non-hydrogen) atoms. The van der Waals surface area contributed by atoms with Crippen LogP contribution in [0.25, 0.3) is 22.0 Å². The number of halogens is 2. The predicted octanol–water partition coefficient (Wildman–Crippen LogP) is 3.09. The van der Waals surface area contributed by atoms with Gasteiger partial charge in [-0.15, -0.1) is 16.4 Å². The number of carbonyl (C=O) groups excluding carboxylic acids is 1. The number of hydrogen-bond acceptors (Lipinski definition) is 8. The number of aliphatic imine (C=N–C) groups is 1. The molecule has 0 spiro atoms. The first-order valence-corrected chi connectivity index (χ1v) is 11.5. The summed E-state index contributed by atoms with van der Waals surface area (Å²) in [4.78, 5) is 27.2. The highest BCUT2D eigenvalue weighted by atomic mass is 32.1. The summed E-state index contributed by atoms with van der Waals surface area (Å²) in [6.45, 7) is 4.83. The summed E-state index contributed by atoms with van der Waals surface area (Å²) >= 11 is 1.46. The molecule has 1 aliphatic rings. The predicted molar refractivity (Wildman–Crippen MR) is 127 cm³/mol. The van der Waals surface area contributed by atoms with Gasteiger partial charge in [0.15, 0.2) is 5.65 Å². The number of thiazole rings is 1. The maximum absolute atomic E-state index is 14.3. The first kappa shape index (κ1) is 22.8. The van der Waals surface area contributed by atoms with E-state index in [9.17, 15) is 13.6 Å². The number of nitrogens with zero attached hydrogens (tertiary/aromatic N) is 7. The Balaban J connectivity index is 1.59. The summed E-state index contributed by atoms with van der Waals surface area (Å²) in [6.07, 6.45) is 9.39. The number of rotatable bonds is 6. The molecule has 0 radical (unpaired) electrons. The van der Waals surface area contributed by atoms with Gasteiger partial charge in [-0.1, -0.05) is 5.21 Å². The minimum absolute atomic E-state index is 0.0258. The summed E-state index contributed by atoms with van der Waals surface area (Å²) < 4.78 is 31.2. The normalized spacial score (nSPS) is 15.8. The Morgan fingerprint density at radius 2 is 2.11 bits per heavy atom. The number of nitrogens with one attached hydrogen (secondary N) is 2. The number of carbonyl (C=O) groups is 1. The lowest BCUT2D eigenvalue weighted by Crippen LogP contribution is -2.30. The molecule has 180 valence electrons. The van der Waals surface area contributed by atoms with Gasteiger partial charge in [0, 0.05) is 48.7 Å². The van der Waals surface area contributed by atoms with Crippen LogP contribution < -0.4 is 10.6 Å². The first-order valence-electron chi connectivity index (χ1n) is 10.7. The van der Waals surface area contributed by atoms with Crippen LogP contribution >= 0.6 is 11.3 Å². The average molecular weight is 498 g/mol. The summed E-state index contributed by atoms with van der Waals surface area (Å²) in [7, 11) is 0. The molecule has 0 bridgehead atoms. The summed E-state index contributed by atoms with van der Waals surface area (Å²) in [5.41, 5.74) is 1.76. The molecule has 0 saturated heterocycles. The van der Waals surface area contributed by atoms with Crippen molar-refractivity contribution in [1.29, 1.82) is 0 Å². The molecule has 2 N–H and O–H groups in total. The molecule has 4 aromatic heterocycles. The number of aryl methyl sites for hydroxylation is 1. The monoisotopic (exact) mass is 497 g/mol. The lowest BCUT2D eigenvalue weighted by Gasteiger charge is -2.16. The number of fused-ring (bicyclic) bond motifs is 1. The second-order valence-electron chi connectivity index (χ2n) is 8.17. The largest absolute Gasteiger partial charge is 0.370 e. The Morgan fingerprint density at radius 1 is 1.29 bits per heavy atom. The van der Waals surface area contributed by atoms with E-state index >= 15 is 0 Å². The summed E-state index contributed by atoms with van der Waals surface area (Å²) in [5, 5.41) is 14.1. The Bertz CT molecular complexity index is 1480. The van der Waals surface area contributed by atoms with E-state index in [0.717, 1.165) is 28.3 Å². The molecule has 5 heterocycles. The fraction of sp³-hybridized carbons (Fsp3) is 0.273. The standard InChI is InChI=1S/C22H21F2N9OS/c1-12-5-29-21(35-12)17-9-27-19-16(33-18(10-30-31-33)22(3,23)24)4-15(11-32(17)19)20(34)28-8-14-6-25-13(2)26-7-14/h4-7,9-11,13,25H,8H2,1-3H3,(H,28,34). The van der Waals surface area contributed by atoms with Gasteiger partial charge in [-0.2, -0.15) is 8.78 Å². The second kappa shape index (κ2) is 8.65. The molecule has 1 unspecified atom stereocenters. The topological polar surface area (TPSA) is 114 Å². The Morgan fingerprint density at radius 3 is 2.80 bits per heavy atom. The van der Waals surface area contributed by atoms with E-state index in [1.807, 2.05) is 13.8 Å². The van der Waals surface area contributed by atoms with Crippen LogP contribution in [-0.2, 0) is 5.92 Å². The van der Waals surface area contributed by atoms with Crippen LogP contribution in [0.15, 0.2) is 47.6 Å². The molecule has 1 aliphatic heterocycles. The quantitative estimate of drug-likeness (QED) is 0.423. The third-order valence-electron chi connectivity index (χ3n) is 5.34. The zero-order chi connectivity index (χ0) is 24.7. The highest BCUT2D eigenvalue weighted by Gasteiger charge is 2.31. The molecule has 1 amide bonds. The molecule has 13 heteroatoms. The number of aromatic nitrogens is 6. The number of pyridine rings is 1. The molecule has 0 fully saturated rings. The maximum Gasteiger partial charge on any atom is 0.288 e. The van der Waals surface area contributed by atoms with Gasteiger partial charge >= 0.3 is 0 Å². The molecular weight excluding hydrogens is 476 g/mol. The number of alkyl halides is 2. The lowest BCUT2D eigenvalue weighted by molar-refractivity contribution is 0.0103. The zero-order valence-electron chi connectivity index (χ0n) is 19.0. The van der Waals surface area contributed by atoms with E-state index in [-0.39, 0.29) is 24.0 Å². The smallest absolute Gasteiger partial charge is 0.288 e. The number of imidazole rings is 1. The van der Waals surface area contributed by atoms with E-state index in [2.05, 4.69) is 35.9 Å². The van der Waals surface area contributed by atoms with Crippen molar-refractivity contribution in [2.45, 2.75) is 32.9 Å². The van der Waals surface area contributed by atoms with Crippen molar-refractivity contribution in [2.75, 3.05) is 6.54 Å². The molecule has 10 nitrogen and oxygen atoms in total. The van der Waals surface area contributed by atoms with Gasteiger partial charge in [-0.25, -0.2) is 14.6 Å². The summed E-state index contributed by atoms with van der Waals surface area (Å²) in [6, 6.07) is 1.47.